The molecule has 2 atom stereocenters. The van der Waals surface area contributed by atoms with E-state index in [1.54, 1.807) is 0 Å². The van der Waals surface area contributed by atoms with Crippen molar-refractivity contribution in [2.45, 2.75) is 70.9 Å². The molecule has 2 unspecified atom stereocenters. The lowest BCUT2D eigenvalue weighted by Gasteiger charge is -2.59. The first-order valence-electron chi connectivity index (χ1n) is 7.32. The highest BCUT2D eigenvalue weighted by Crippen LogP contribution is 2.66. The molecule has 0 amide bonds. The summed E-state index contributed by atoms with van der Waals surface area (Å²) in [5.41, 5.74) is 0. The van der Waals surface area contributed by atoms with E-state index in [1.165, 1.54) is 19.3 Å². The van der Waals surface area contributed by atoms with Crippen LogP contribution in [0.3, 0.4) is 0 Å². The summed E-state index contributed by atoms with van der Waals surface area (Å²) in [6.07, 6.45) is 3.77. The second kappa shape index (κ2) is 5.26. The predicted molar refractivity (Wildman–Crippen MR) is 80.0 cm³/mol. The number of hydrogen-bond acceptors (Lipinski definition) is 2. The molecule has 1 aliphatic rings. The van der Waals surface area contributed by atoms with Crippen molar-refractivity contribution < 1.29 is 8.85 Å². The van der Waals surface area contributed by atoms with Gasteiger partial charge in [0.2, 0.25) is 0 Å². The Labute approximate surface area is 115 Å². The van der Waals surface area contributed by atoms with Gasteiger partial charge in [-0.2, -0.15) is 0 Å². The maximum Gasteiger partial charge on any atom is 0.350 e. The molecular formula is C15H32O2Si. The van der Waals surface area contributed by atoms with Crippen molar-refractivity contribution in [3.63, 3.8) is 0 Å². The van der Waals surface area contributed by atoms with Crippen molar-refractivity contribution >= 4 is 8.56 Å². The van der Waals surface area contributed by atoms with Crippen LogP contribution < -0.4 is 0 Å². The minimum Gasteiger partial charge on any atom is -0.397 e. The van der Waals surface area contributed by atoms with Gasteiger partial charge in [0.05, 0.1) is 0 Å². The fraction of sp³-hybridized carbons (Fsp3) is 1.00. The molecule has 3 heteroatoms. The standard InChI is InChI=1S/C15H32O2Si/c1-12(2)14(5)10-9-11-15(6,13(3)4)18(14,16-7)17-8/h12-13H,9-11H2,1-8H3. The molecule has 0 saturated carbocycles. The molecule has 0 bridgehead atoms. The van der Waals surface area contributed by atoms with Crippen LogP contribution in [0.25, 0.3) is 0 Å². The van der Waals surface area contributed by atoms with Crippen LogP contribution in [0.4, 0.5) is 0 Å². The van der Waals surface area contributed by atoms with Gasteiger partial charge in [0.25, 0.3) is 0 Å². The van der Waals surface area contributed by atoms with Gasteiger partial charge in [0.15, 0.2) is 0 Å². The Morgan fingerprint density at radius 3 is 1.39 bits per heavy atom. The largest absolute Gasteiger partial charge is 0.397 e. The van der Waals surface area contributed by atoms with E-state index in [1.807, 2.05) is 14.2 Å². The molecular weight excluding hydrogens is 240 g/mol. The van der Waals surface area contributed by atoms with Crippen molar-refractivity contribution in [1.29, 1.82) is 0 Å². The first-order valence-corrected chi connectivity index (χ1v) is 9.14. The molecule has 0 N–H and O–H groups in total. The van der Waals surface area contributed by atoms with Crippen LogP contribution >= 0.6 is 0 Å². The van der Waals surface area contributed by atoms with E-state index < -0.39 is 8.56 Å². The van der Waals surface area contributed by atoms with E-state index in [2.05, 4.69) is 41.5 Å². The highest BCUT2D eigenvalue weighted by Gasteiger charge is 2.68. The van der Waals surface area contributed by atoms with Crippen LogP contribution in [0.1, 0.15) is 60.8 Å². The normalized spacial score (nSPS) is 36.3. The van der Waals surface area contributed by atoms with Crippen molar-refractivity contribution in [2.75, 3.05) is 14.2 Å². The summed E-state index contributed by atoms with van der Waals surface area (Å²) in [6, 6.07) is 0. The molecule has 0 aromatic carbocycles. The third-order valence-corrected chi connectivity index (χ3v) is 11.8. The average molecular weight is 273 g/mol. The molecule has 0 spiro atoms. The molecule has 1 heterocycles. The fourth-order valence-electron chi connectivity index (χ4n) is 4.16. The number of rotatable bonds is 4. The third kappa shape index (κ3) is 1.90. The first-order chi connectivity index (χ1) is 8.22. The molecule has 0 aromatic heterocycles. The Balaban J connectivity index is 3.39. The lowest BCUT2D eigenvalue weighted by Crippen LogP contribution is -2.64. The second-order valence-electron chi connectivity index (χ2n) is 7.02. The van der Waals surface area contributed by atoms with Gasteiger partial charge in [0, 0.05) is 24.3 Å². The maximum atomic E-state index is 6.20. The lowest BCUT2D eigenvalue weighted by molar-refractivity contribution is 0.107. The Bertz CT molecular complexity index is 262. The summed E-state index contributed by atoms with van der Waals surface area (Å²) in [5, 5.41) is 0.404. The quantitative estimate of drug-likeness (QED) is 0.688. The summed E-state index contributed by atoms with van der Waals surface area (Å²) < 4.78 is 12.4. The molecule has 0 aliphatic carbocycles. The summed E-state index contributed by atoms with van der Waals surface area (Å²) >= 11 is 0. The molecule has 1 saturated heterocycles. The monoisotopic (exact) mass is 272 g/mol. The zero-order chi connectivity index (χ0) is 14.2. The minimum atomic E-state index is -2.26. The molecule has 18 heavy (non-hydrogen) atoms. The van der Waals surface area contributed by atoms with Gasteiger partial charge < -0.3 is 8.85 Å². The van der Waals surface area contributed by atoms with Gasteiger partial charge >= 0.3 is 8.56 Å². The third-order valence-electron chi connectivity index (χ3n) is 6.02. The second-order valence-corrected chi connectivity index (χ2v) is 11.4. The van der Waals surface area contributed by atoms with Gasteiger partial charge in [-0.15, -0.1) is 0 Å². The molecule has 0 radical (unpaired) electrons. The predicted octanol–water partition coefficient (Wildman–Crippen LogP) is 4.74. The van der Waals surface area contributed by atoms with Crippen LogP contribution in [0, 0.1) is 11.8 Å². The molecule has 0 aromatic rings. The van der Waals surface area contributed by atoms with Crippen molar-refractivity contribution in [2.24, 2.45) is 11.8 Å². The molecule has 2 nitrogen and oxygen atoms in total. The molecule has 108 valence electrons. The highest BCUT2D eigenvalue weighted by molar-refractivity contribution is 6.74. The van der Waals surface area contributed by atoms with Crippen molar-refractivity contribution in [3.8, 4) is 0 Å². The van der Waals surface area contributed by atoms with E-state index in [0.29, 0.717) is 11.8 Å². The molecule has 1 fully saturated rings. The summed E-state index contributed by atoms with van der Waals surface area (Å²) in [6.45, 7) is 14.1. The zero-order valence-corrected chi connectivity index (χ0v) is 14.6. The van der Waals surface area contributed by atoms with E-state index in [0.717, 1.165) is 0 Å². The highest BCUT2D eigenvalue weighted by atomic mass is 28.4. The summed E-state index contributed by atoms with van der Waals surface area (Å²) in [7, 11) is 1.49. The smallest absolute Gasteiger partial charge is 0.350 e. The van der Waals surface area contributed by atoms with Crippen LogP contribution in [-0.4, -0.2) is 22.8 Å². The topological polar surface area (TPSA) is 18.5 Å². The Hall–Kier alpha value is 0.137. The van der Waals surface area contributed by atoms with Crippen LogP contribution in [0.15, 0.2) is 0 Å². The van der Waals surface area contributed by atoms with Crippen molar-refractivity contribution in [1.82, 2.24) is 0 Å². The first kappa shape index (κ1) is 16.2. The van der Waals surface area contributed by atoms with Crippen LogP contribution in [0.5, 0.6) is 0 Å². The van der Waals surface area contributed by atoms with Crippen LogP contribution in [-0.2, 0) is 8.85 Å². The summed E-state index contributed by atoms with van der Waals surface area (Å²) in [5.74, 6) is 1.20. The zero-order valence-electron chi connectivity index (χ0n) is 13.6. The Kier molecular flexibility index (Phi) is 4.73. The fourth-order valence-corrected chi connectivity index (χ4v) is 10.0. The van der Waals surface area contributed by atoms with Gasteiger partial charge in [-0.3, -0.25) is 0 Å². The average Bonchev–Trinajstić information content (AvgIpc) is 2.30. The van der Waals surface area contributed by atoms with E-state index in [9.17, 15) is 0 Å². The SMILES string of the molecule is CO[Si]1(OC)C(C)(C(C)C)CCCC1(C)C(C)C. The van der Waals surface area contributed by atoms with Gasteiger partial charge in [-0.05, 0) is 24.7 Å². The lowest BCUT2D eigenvalue weighted by atomic mass is 9.84. The van der Waals surface area contributed by atoms with Gasteiger partial charge in [0.1, 0.15) is 0 Å². The van der Waals surface area contributed by atoms with Crippen LogP contribution in [0.2, 0.25) is 10.1 Å². The van der Waals surface area contributed by atoms with Crippen molar-refractivity contribution in [3.05, 3.63) is 0 Å². The van der Waals surface area contributed by atoms with E-state index in [4.69, 9.17) is 8.85 Å². The Morgan fingerprint density at radius 2 is 1.17 bits per heavy atom. The van der Waals surface area contributed by atoms with Gasteiger partial charge in [-0.25, -0.2) is 0 Å². The molecule has 1 aliphatic heterocycles. The van der Waals surface area contributed by atoms with E-state index in [-0.39, 0.29) is 10.1 Å². The Morgan fingerprint density at radius 1 is 0.833 bits per heavy atom. The van der Waals surface area contributed by atoms with Gasteiger partial charge in [-0.1, -0.05) is 48.0 Å². The minimum absolute atomic E-state index is 0.202. The number of hydrogen-bond donors (Lipinski definition) is 0. The van der Waals surface area contributed by atoms with E-state index >= 15 is 0 Å². The molecule has 1 rings (SSSR count). The summed E-state index contributed by atoms with van der Waals surface area (Å²) in [4.78, 5) is 0. The maximum absolute atomic E-state index is 6.20.